The standard InChI is InChI=1S/C11H21F3N4O/c1-15-10(16-4-6-19-2)17-9-3-5-18(7-9)8-11(12,13)14/h9H,3-8H2,1-2H3,(H2,15,16,17). The molecule has 8 heteroatoms. The lowest BCUT2D eigenvalue weighted by Crippen LogP contribution is -2.45. The number of nitrogens with one attached hydrogen (secondary N) is 2. The van der Waals surface area contributed by atoms with Crippen molar-refractivity contribution in [2.24, 2.45) is 4.99 Å². The average molecular weight is 282 g/mol. The molecule has 1 unspecified atom stereocenters. The van der Waals surface area contributed by atoms with E-state index in [9.17, 15) is 13.2 Å². The third-order valence-electron chi connectivity index (χ3n) is 2.84. The van der Waals surface area contributed by atoms with Crippen molar-refractivity contribution in [2.45, 2.75) is 18.6 Å². The third-order valence-corrected chi connectivity index (χ3v) is 2.84. The van der Waals surface area contributed by atoms with Crippen LogP contribution in [0.2, 0.25) is 0 Å². The second-order valence-corrected chi connectivity index (χ2v) is 4.47. The highest BCUT2D eigenvalue weighted by Gasteiger charge is 2.34. The van der Waals surface area contributed by atoms with E-state index in [-0.39, 0.29) is 6.04 Å². The minimum absolute atomic E-state index is 0.00362. The van der Waals surface area contributed by atoms with E-state index in [0.717, 1.165) is 0 Å². The van der Waals surface area contributed by atoms with Crippen molar-refractivity contribution in [3.05, 3.63) is 0 Å². The number of hydrogen-bond acceptors (Lipinski definition) is 3. The second-order valence-electron chi connectivity index (χ2n) is 4.47. The van der Waals surface area contributed by atoms with Crippen LogP contribution in [0.3, 0.4) is 0 Å². The SMILES string of the molecule is CN=C(NCCOC)NC1CCN(CC(F)(F)F)C1. The molecule has 0 aromatic heterocycles. The summed E-state index contributed by atoms with van der Waals surface area (Å²) in [5, 5.41) is 6.15. The van der Waals surface area contributed by atoms with Crippen LogP contribution in [0.1, 0.15) is 6.42 Å². The highest BCUT2D eigenvalue weighted by molar-refractivity contribution is 5.79. The van der Waals surface area contributed by atoms with Gasteiger partial charge in [-0.1, -0.05) is 0 Å². The number of methoxy groups -OCH3 is 1. The maximum Gasteiger partial charge on any atom is 0.401 e. The highest BCUT2D eigenvalue weighted by atomic mass is 19.4. The van der Waals surface area contributed by atoms with Crippen LogP contribution in [0, 0.1) is 0 Å². The van der Waals surface area contributed by atoms with Gasteiger partial charge in [-0.2, -0.15) is 13.2 Å². The molecule has 1 atom stereocenters. The normalized spacial score (nSPS) is 21.7. The molecule has 1 aliphatic heterocycles. The molecule has 0 bridgehead atoms. The third kappa shape index (κ3) is 6.63. The molecule has 0 aromatic rings. The zero-order chi connectivity index (χ0) is 14.3. The van der Waals surface area contributed by atoms with Crippen molar-refractivity contribution in [1.82, 2.24) is 15.5 Å². The fourth-order valence-electron chi connectivity index (χ4n) is 2.01. The van der Waals surface area contributed by atoms with Crippen LogP contribution in [-0.4, -0.2) is 70.0 Å². The number of halogens is 3. The largest absolute Gasteiger partial charge is 0.401 e. The summed E-state index contributed by atoms with van der Waals surface area (Å²) in [6, 6.07) is -0.00362. The Balaban J connectivity index is 2.30. The quantitative estimate of drug-likeness (QED) is 0.436. The van der Waals surface area contributed by atoms with E-state index in [1.165, 1.54) is 4.90 Å². The summed E-state index contributed by atoms with van der Waals surface area (Å²) < 4.78 is 41.7. The van der Waals surface area contributed by atoms with E-state index in [2.05, 4.69) is 15.6 Å². The topological polar surface area (TPSA) is 48.9 Å². The molecule has 0 amide bonds. The number of ether oxygens (including phenoxy) is 1. The van der Waals surface area contributed by atoms with Gasteiger partial charge in [-0.3, -0.25) is 9.89 Å². The maximum absolute atomic E-state index is 12.3. The Morgan fingerprint density at radius 1 is 1.47 bits per heavy atom. The van der Waals surface area contributed by atoms with Gasteiger partial charge in [0, 0.05) is 39.8 Å². The first-order valence-corrected chi connectivity index (χ1v) is 6.20. The van der Waals surface area contributed by atoms with Crippen LogP contribution in [0.4, 0.5) is 13.2 Å². The number of alkyl halides is 3. The van der Waals surface area contributed by atoms with Gasteiger partial charge in [0.05, 0.1) is 13.2 Å². The van der Waals surface area contributed by atoms with Gasteiger partial charge in [-0.25, -0.2) is 0 Å². The summed E-state index contributed by atoms with van der Waals surface area (Å²) in [6.45, 7) is 1.14. The molecule has 5 nitrogen and oxygen atoms in total. The number of rotatable bonds is 5. The van der Waals surface area contributed by atoms with Gasteiger partial charge >= 0.3 is 6.18 Å². The molecular weight excluding hydrogens is 261 g/mol. The van der Waals surface area contributed by atoms with Crippen molar-refractivity contribution in [1.29, 1.82) is 0 Å². The molecule has 1 saturated heterocycles. The monoisotopic (exact) mass is 282 g/mol. The molecule has 0 aliphatic carbocycles. The minimum atomic E-state index is -4.13. The van der Waals surface area contributed by atoms with E-state index < -0.39 is 12.7 Å². The first-order chi connectivity index (χ1) is 8.94. The lowest BCUT2D eigenvalue weighted by Gasteiger charge is -2.19. The molecule has 1 heterocycles. The Morgan fingerprint density at radius 2 is 2.21 bits per heavy atom. The molecule has 0 spiro atoms. The van der Waals surface area contributed by atoms with Gasteiger partial charge in [0.25, 0.3) is 0 Å². The van der Waals surface area contributed by atoms with E-state index in [1.807, 2.05) is 0 Å². The van der Waals surface area contributed by atoms with Crippen LogP contribution >= 0.6 is 0 Å². The Kier molecular flexibility index (Phi) is 6.36. The predicted molar refractivity (Wildman–Crippen MR) is 67.3 cm³/mol. The number of nitrogens with zero attached hydrogens (tertiary/aromatic N) is 2. The van der Waals surface area contributed by atoms with Crippen molar-refractivity contribution in [3.63, 3.8) is 0 Å². The lowest BCUT2D eigenvalue weighted by molar-refractivity contribution is -0.143. The zero-order valence-electron chi connectivity index (χ0n) is 11.3. The first kappa shape index (κ1) is 16.0. The first-order valence-electron chi connectivity index (χ1n) is 6.20. The van der Waals surface area contributed by atoms with Gasteiger partial charge in [0.1, 0.15) is 0 Å². The molecule has 0 radical (unpaired) electrons. The summed E-state index contributed by atoms with van der Waals surface area (Å²) in [4.78, 5) is 5.42. The fourth-order valence-corrected chi connectivity index (χ4v) is 2.01. The number of guanidine groups is 1. The predicted octanol–water partition coefficient (Wildman–Crippen LogP) is 0.434. The van der Waals surface area contributed by atoms with Crippen LogP contribution in [0.5, 0.6) is 0 Å². The van der Waals surface area contributed by atoms with Crippen LogP contribution in [-0.2, 0) is 4.74 Å². The Morgan fingerprint density at radius 3 is 2.79 bits per heavy atom. The van der Waals surface area contributed by atoms with Gasteiger partial charge in [0.15, 0.2) is 5.96 Å². The van der Waals surface area contributed by atoms with Gasteiger partial charge in [0.2, 0.25) is 0 Å². The molecule has 19 heavy (non-hydrogen) atoms. The summed E-state index contributed by atoms with van der Waals surface area (Å²) in [6.07, 6.45) is -3.45. The van der Waals surface area contributed by atoms with Crippen molar-refractivity contribution in [3.8, 4) is 0 Å². The van der Waals surface area contributed by atoms with Gasteiger partial charge in [-0.05, 0) is 6.42 Å². The Hall–Kier alpha value is -1.02. The number of hydrogen-bond donors (Lipinski definition) is 2. The number of aliphatic imine (C=N–C) groups is 1. The average Bonchev–Trinajstić information content (AvgIpc) is 2.73. The summed E-state index contributed by atoms with van der Waals surface area (Å²) in [5.41, 5.74) is 0. The molecule has 1 fully saturated rings. The van der Waals surface area contributed by atoms with E-state index in [0.29, 0.717) is 38.6 Å². The van der Waals surface area contributed by atoms with E-state index in [1.54, 1.807) is 14.2 Å². The van der Waals surface area contributed by atoms with Crippen molar-refractivity contribution in [2.75, 3.05) is 46.9 Å². The fraction of sp³-hybridized carbons (Fsp3) is 0.909. The van der Waals surface area contributed by atoms with Gasteiger partial charge in [-0.15, -0.1) is 0 Å². The summed E-state index contributed by atoms with van der Waals surface area (Å²) in [5.74, 6) is 0.593. The smallest absolute Gasteiger partial charge is 0.383 e. The minimum Gasteiger partial charge on any atom is -0.383 e. The van der Waals surface area contributed by atoms with Crippen LogP contribution in [0.15, 0.2) is 4.99 Å². The summed E-state index contributed by atoms with van der Waals surface area (Å²) in [7, 11) is 3.23. The molecule has 0 aromatic carbocycles. The molecular formula is C11H21F3N4O. The van der Waals surface area contributed by atoms with Crippen molar-refractivity contribution < 1.29 is 17.9 Å². The van der Waals surface area contributed by atoms with Crippen molar-refractivity contribution >= 4 is 5.96 Å². The van der Waals surface area contributed by atoms with Crippen LogP contribution in [0.25, 0.3) is 0 Å². The Labute approximate surface area is 111 Å². The number of likely N-dealkylation sites (tertiary alicyclic amines) is 1. The molecule has 1 aliphatic rings. The highest BCUT2D eigenvalue weighted by Crippen LogP contribution is 2.19. The molecule has 1 rings (SSSR count). The second kappa shape index (κ2) is 7.54. The molecule has 0 saturated carbocycles. The summed E-state index contributed by atoms with van der Waals surface area (Å²) >= 11 is 0. The Bertz CT molecular complexity index is 296. The van der Waals surface area contributed by atoms with Crippen LogP contribution < -0.4 is 10.6 Å². The molecule has 112 valence electrons. The maximum atomic E-state index is 12.3. The lowest BCUT2D eigenvalue weighted by atomic mass is 10.3. The molecule has 2 N–H and O–H groups in total. The van der Waals surface area contributed by atoms with E-state index >= 15 is 0 Å². The zero-order valence-corrected chi connectivity index (χ0v) is 11.3. The van der Waals surface area contributed by atoms with E-state index in [4.69, 9.17) is 4.74 Å². The van der Waals surface area contributed by atoms with Gasteiger partial charge < -0.3 is 15.4 Å².